The van der Waals surface area contributed by atoms with Crippen molar-refractivity contribution in [3.8, 4) is 5.75 Å². The van der Waals surface area contributed by atoms with Crippen LogP contribution in [0.2, 0.25) is 10.0 Å². The summed E-state index contributed by atoms with van der Waals surface area (Å²) in [6.07, 6.45) is 2.42. The van der Waals surface area contributed by atoms with Crippen molar-refractivity contribution in [2.45, 2.75) is 20.0 Å². The Hall–Kier alpha value is -2.80. The van der Waals surface area contributed by atoms with Gasteiger partial charge in [0, 0.05) is 11.1 Å². The molecule has 1 N–H and O–H groups in total. The lowest BCUT2D eigenvalue weighted by molar-refractivity contribution is -0.113. The first kappa shape index (κ1) is 21.4. The maximum Gasteiger partial charge on any atom is 0.281 e. The van der Waals surface area contributed by atoms with E-state index in [4.69, 9.17) is 44.6 Å². The van der Waals surface area contributed by atoms with Crippen LogP contribution in [-0.2, 0) is 17.8 Å². The number of para-hydroxylation sites is 1. The molecular weight excluding hydrogens is 455 g/mol. The van der Waals surface area contributed by atoms with E-state index in [2.05, 4.69) is 5.32 Å². The molecule has 5 nitrogen and oxygen atoms in total. The Kier molecular flexibility index (Phi) is 6.32. The normalized spacial score (nSPS) is 14.9. The van der Waals surface area contributed by atoms with Crippen LogP contribution in [0.5, 0.6) is 5.75 Å². The number of anilines is 1. The van der Waals surface area contributed by atoms with Gasteiger partial charge in [-0.05, 0) is 60.6 Å². The highest BCUT2D eigenvalue weighted by Crippen LogP contribution is 2.29. The van der Waals surface area contributed by atoms with Gasteiger partial charge in [-0.3, -0.25) is 9.69 Å². The molecule has 1 fully saturated rings. The molecule has 4 rings (SSSR count). The summed E-state index contributed by atoms with van der Waals surface area (Å²) >= 11 is 17.4. The number of amides is 1. The van der Waals surface area contributed by atoms with Crippen LogP contribution in [-0.4, -0.2) is 11.0 Å². The van der Waals surface area contributed by atoms with Gasteiger partial charge >= 0.3 is 0 Å². The third kappa shape index (κ3) is 4.61. The zero-order chi connectivity index (χ0) is 22.0. The van der Waals surface area contributed by atoms with Crippen molar-refractivity contribution in [2.75, 3.05) is 4.90 Å². The lowest BCUT2D eigenvalue weighted by atomic mass is 10.1. The van der Waals surface area contributed by atoms with E-state index < -0.39 is 0 Å². The number of benzene rings is 2. The van der Waals surface area contributed by atoms with Crippen LogP contribution in [0.3, 0.4) is 0 Å². The molecule has 0 atom stereocenters. The van der Waals surface area contributed by atoms with Crippen LogP contribution in [0.25, 0.3) is 6.08 Å². The first-order valence-corrected chi connectivity index (χ1v) is 10.7. The molecule has 0 unspecified atom stereocenters. The summed E-state index contributed by atoms with van der Waals surface area (Å²) in [6.45, 7) is 2.22. The quantitative estimate of drug-likeness (QED) is 0.352. The van der Waals surface area contributed by atoms with Crippen molar-refractivity contribution in [2.24, 2.45) is 0 Å². The first-order valence-electron chi connectivity index (χ1n) is 9.58. The van der Waals surface area contributed by atoms with Gasteiger partial charge in [0.25, 0.3) is 5.91 Å². The molecule has 1 amide bonds. The van der Waals surface area contributed by atoms with E-state index in [1.807, 2.05) is 31.2 Å². The van der Waals surface area contributed by atoms with Gasteiger partial charge in [-0.2, -0.15) is 0 Å². The van der Waals surface area contributed by atoms with Gasteiger partial charge in [-0.1, -0.05) is 48.3 Å². The van der Waals surface area contributed by atoms with E-state index in [1.54, 1.807) is 36.4 Å². The second kappa shape index (κ2) is 9.14. The number of rotatable bonds is 6. The predicted octanol–water partition coefficient (Wildman–Crippen LogP) is 5.99. The zero-order valence-electron chi connectivity index (χ0n) is 16.5. The van der Waals surface area contributed by atoms with E-state index in [0.717, 1.165) is 17.7 Å². The van der Waals surface area contributed by atoms with Crippen molar-refractivity contribution in [1.29, 1.82) is 0 Å². The minimum atomic E-state index is -0.229. The van der Waals surface area contributed by atoms with Crippen LogP contribution < -0.4 is 15.0 Å². The number of aryl methyl sites for hydroxylation is 1. The summed E-state index contributed by atoms with van der Waals surface area (Å²) in [5, 5.41) is 4.27. The Bertz CT molecular complexity index is 1190. The molecule has 0 spiro atoms. The minimum absolute atomic E-state index is 0.181. The van der Waals surface area contributed by atoms with Crippen LogP contribution in [0.4, 0.5) is 5.69 Å². The topological polar surface area (TPSA) is 54.7 Å². The summed E-state index contributed by atoms with van der Waals surface area (Å²) in [7, 11) is 0. The number of furan rings is 1. The number of ether oxygens (including phenoxy) is 1. The Labute approximate surface area is 195 Å². The maximum atomic E-state index is 13.0. The summed E-state index contributed by atoms with van der Waals surface area (Å²) in [6, 6.07) is 16.2. The molecule has 0 bridgehead atoms. The fourth-order valence-electron chi connectivity index (χ4n) is 3.21. The van der Waals surface area contributed by atoms with Gasteiger partial charge < -0.3 is 14.5 Å². The van der Waals surface area contributed by atoms with Crippen LogP contribution in [0.15, 0.2) is 64.7 Å². The van der Waals surface area contributed by atoms with Gasteiger partial charge in [0.2, 0.25) is 0 Å². The number of nitrogens with zero attached hydrogens (tertiary/aromatic N) is 1. The highest BCUT2D eigenvalue weighted by atomic mass is 35.5. The molecule has 1 aliphatic rings. The third-order valence-corrected chi connectivity index (χ3v) is 5.54. The van der Waals surface area contributed by atoms with Gasteiger partial charge in [-0.25, -0.2) is 0 Å². The summed E-state index contributed by atoms with van der Waals surface area (Å²) in [4.78, 5) is 14.5. The molecule has 3 aromatic rings. The second-order valence-electron chi connectivity index (χ2n) is 6.78. The van der Waals surface area contributed by atoms with Crippen molar-refractivity contribution < 1.29 is 13.9 Å². The smallest absolute Gasteiger partial charge is 0.281 e. The largest absolute Gasteiger partial charge is 0.484 e. The lowest BCUT2D eigenvalue weighted by Gasteiger charge is -2.17. The number of thiocarbonyl (C=S) groups is 1. The van der Waals surface area contributed by atoms with Gasteiger partial charge in [-0.15, -0.1) is 0 Å². The number of hydrogen-bond acceptors (Lipinski definition) is 4. The van der Waals surface area contributed by atoms with Gasteiger partial charge in [0.05, 0.1) is 10.7 Å². The zero-order valence-corrected chi connectivity index (χ0v) is 18.9. The average Bonchev–Trinajstić information content (AvgIpc) is 3.31. The number of halogens is 2. The molecule has 1 saturated heterocycles. The number of nitrogens with one attached hydrogen (secondary N) is 1. The number of hydrogen-bond donors (Lipinski definition) is 1. The highest BCUT2D eigenvalue weighted by Gasteiger charge is 2.33. The minimum Gasteiger partial charge on any atom is -0.484 e. The van der Waals surface area contributed by atoms with Crippen molar-refractivity contribution in [3.63, 3.8) is 0 Å². The number of carbonyl (C=O) groups is 1. The maximum absolute atomic E-state index is 13.0. The van der Waals surface area contributed by atoms with Gasteiger partial charge in [0.15, 0.2) is 5.11 Å². The van der Waals surface area contributed by atoms with Crippen molar-refractivity contribution in [3.05, 3.63) is 87.4 Å². The predicted molar refractivity (Wildman–Crippen MR) is 127 cm³/mol. The SMILES string of the molecule is CCc1ccccc1N1C(=O)/C(=C\c2ccc(COc3ccc(Cl)cc3Cl)o2)NC1=S. The molecule has 2 aromatic carbocycles. The third-order valence-electron chi connectivity index (χ3n) is 4.72. The first-order chi connectivity index (χ1) is 15.0. The summed E-state index contributed by atoms with van der Waals surface area (Å²) in [5.74, 6) is 1.36. The average molecular weight is 473 g/mol. The van der Waals surface area contributed by atoms with E-state index in [-0.39, 0.29) is 12.5 Å². The standard InChI is InChI=1S/C23H18Cl2N2O3S/c1-2-14-5-3-4-6-20(14)27-22(28)19(26-23(27)31)12-16-8-9-17(30-16)13-29-21-10-7-15(24)11-18(21)25/h3-12H,2,13H2,1H3,(H,26,31)/b19-12+. The fraction of sp³-hybridized carbons (Fsp3) is 0.130. The fourth-order valence-corrected chi connectivity index (χ4v) is 3.97. The molecule has 0 saturated carbocycles. The molecule has 31 heavy (non-hydrogen) atoms. The van der Waals surface area contributed by atoms with E-state index in [1.165, 1.54) is 4.90 Å². The lowest BCUT2D eigenvalue weighted by Crippen LogP contribution is -2.31. The van der Waals surface area contributed by atoms with E-state index in [9.17, 15) is 4.79 Å². The summed E-state index contributed by atoms with van der Waals surface area (Å²) < 4.78 is 11.5. The molecule has 8 heteroatoms. The van der Waals surface area contributed by atoms with Crippen molar-refractivity contribution >= 4 is 58.2 Å². The molecule has 1 aliphatic heterocycles. The van der Waals surface area contributed by atoms with Crippen LogP contribution >= 0.6 is 35.4 Å². The number of carbonyl (C=O) groups excluding carboxylic acids is 1. The van der Waals surface area contributed by atoms with Crippen LogP contribution in [0, 0.1) is 0 Å². The molecule has 0 aliphatic carbocycles. The Morgan fingerprint density at radius 1 is 1.16 bits per heavy atom. The Morgan fingerprint density at radius 2 is 1.97 bits per heavy atom. The van der Waals surface area contributed by atoms with E-state index >= 15 is 0 Å². The highest BCUT2D eigenvalue weighted by molar-refractivity contribution is 7.80. The second-order valence-corrected chi connectivity index (χ2v) is 8.01. The Balaban J connectivity index is 1.49. The Morgan fingerprint density at radius 3 is 2.74 bits per heavy atom. The van der Waals surface area contributed by atoms with Crippen LogP contribution in [0.1, 0.15) is 24.0 Å². The van der Waals surface area contributed by atoms with Gasteiger partial charge in [0.1, 0.15) is 29.6 Å². The monoisotopic (exact) mass is 472 g/mol. The van der Waals surface area contributed by atoms with Crippen molar-refractivity contribution in [1.82, 2.24) is 5.32 Å². The molecular formula is C23H18Cl2N2O3S. The molecule has 158 valence electrons. The molecule has 2 heterocycles. The molecule has 1 aromatic heterocycles. The van der Waals surface area contributed by atoms with E-state index in [0.29, 0.717) is 38.1 Å². The summed E-state index contributed by atoms with van der Waals surface area (Å²) in [5.41, 5.74) is 2.17. The molecule has 0 radical (unpaired) electrons.